The minimum Gasteiger partial charge on any atom is -0.463 e. The molecule has 1 atom stereocenters. The van der Waals surface area contributed by atoms with Gasteiger partial charge in [-0.15, -0.1) is 0 Å². The average Bonchev–Trinajstić information content (AvgIpc) is 3.10. The zero-order valence-corrected chi connectivity index (χ0v) is 13.0. The highest BCUT2D eigenvalue weighted by Crippen LogP contribution is 2.20. The first-order chi connectivity index (χ1) is 11.1. The fourth-order valence-corrected chi connectivity index (χ4v) is 2.37. The second-order valence-electron chi connectivity index (χ2n) is 5.28. The Hall–Kier alpha value is -2.95. The zero-order chi connectivity index (χ0) is 16.2. The number of rotatable bonds is 4. The maximum absolute atomic E-state index is 12.5. The van der Waals surface area contributed by atoms with Crippen LogP contribution in [0.4, 0.5) is 0 Å². The molecular formula is C18H17N3O2. The van der Waals surface area contributed by atoms with Gasteiger partial charge >= 0.3 is 0 Å². The molecule has 0 aliphatic heterocycles. The smallest absolute Gasteiger partial charge is 0.253 e. The van der Waals surface area contributed by atoms with Crippen LogP contribution in [0.15, 0.2) is 59.5 Å². The first-order valence-electron chi connectivity index (χ1n) is 7.37. The summed E-state index contributed by atoms with van der Waals surface area (Å²) in [6.45, 7) is 3.76. The largest absolute Gasteiger partial charge is 0.463 e. The Balaban J connectivity index is 1.77. The number of pyridine rings is 2. The molecule has 3 aromatic rings. The Morgan fingerprint density at radius 2 is 1.96 bits per heavy atom. The van der Waals surface area contributed by atoms with Gasteiger partial charge in [0, 0.05) is 12.4 Å². The summed E-state index contributed by atoms with van der Waals surface area (Å²) in [5, 5.41) is 2.98. The van der Waals surface area contributed by atoms with E-state index in [2.05, 4.69) is 15.3 Å². The first kappa shape index (κ1) is 15.0. The minimum atomic E-state index is -0.148. The molecule has 0 spiro atoms. The number of aromatic nitrogens is 2. The van der Waals surface area contributed by atoms with Crippen LogP contribution in [0.3, 0.4) is 0 Å². The molecule has 0 bridgehead atoms. The number of carbonyl (C=O) groups is 1. The third-order valence-electron chi connectivity index (χ3n) is 3.66. The van der Waals surface area contributed by atoms with E-state index >= 15 is 0 Å². The van der Waals surface area contributed by atoms with E-state index in [1.807, 2.05) is 38.1 Å². The molecule has 0 aliphatic carbocycles. The molecule has 3 heterocycles. The van der Waals surface area contributed by atoms with Crippen molar-refractivity contribution in [2.24, 2.45) is 0 Å². The number of nitrogens with zero attached hydrogens (tertiary/aromatic N) is 2. The summed E-state index contributed by atoms with van der Waals surface area (Å²) >= 11 is 0. The van der Waals surface area contributed by atoms with Crippen molar-refractivity contribution in [2.75, 3.05) is 0 Å². The summed E-state index contributed by atoms with van der Waals surface area (Å²) in [5.41, 5.74) is 2.94. The van der Waals surface area contributed by atoms with Crippen LogP contribution in [0.25, 0.3) is 11.5 Å². The van der Waals surface area contributed by atoms with E-state index in [0.717, 1.165) is 5.56 Å². The summed E-state index contributed by atoms with van der Waals surface area (Å²) in [4.78, 5) is 20.9. The molecule has 0 saturated heterocycles. The van der Waals surface area contributed by atoms with Gasteiger partial charge in [0.05, 0.1) is 23.6 Å². The Morgan fingerprint density at radius 3 is 2.61 bits per heavy atom. The molecule has 3 aromatic heterocycles. The van der Waals surface area contributed by atoms with Crippen LogP contribution >= 0.6 is 0 Å². The van der Waals surface area contributed by atoms with Gasteiger partial charge in [0.15, 0.2) is 5.76 Å². The van der Waals surface area contributed by atoms with Gasteiger partial charge < -0.3 is 9.73 Å². The lowest BCUT2D eigenvalue weighted by atomic mass is 10.1. The van der Waals surface area contributed by atoms with Gasteiger partial charge in [0.1, 0.15) is 5.69 Å². The van der Waals surface area contributed by atoms with E-state index in [1.165, 1.54) is 0 Å². The van der Waals surface area contributed by atoms with Crippen LogP contribution in [0.1, 0.15) is 34.6 Å². The highest BCUT2D eigenvalue weighted by Gasteiger charge is 2.15. The van der Waals surface area contributed by atoms with Crippen molar-refractivity contribution in [2.45, 2.75) is 19.9 Å². The van der Waals surface area contributed by atoms with Crippen LogP contribution in [-0.2, 0) is 0 Å². The monoisotopic (exact) mass is 307 g/mol. The molecule has 1 amide bonds. The summed E-state index contributed by atoms with van der Waals surface area (Å²) in [6, 6.07) is 10.9. The predicted octanol–water partition coefficient (Wildman–Crippen LogP) is 3.54. The molecule has 5 nitrogen and oxygen atoms in total. The Labute approximate surface area is 134 Å². The van der Waals surface area contributed by atoms with E-state index in [1.54, 1.807) is 30.8 Å². The number of aryl methyl sites for hydroxylation is 1. The van der Waals surface area contributed by atoms with Crippen LogP contribution < -0.4 is 5.32 Å². The summed E-state index contributed by atoms with van der Waals surface area (Å²) in [5.74, 6) is 0.538. The van der Waals surface area contributed by atoms with E-state index in [0.29, 0.717) is 22.7 Å². The molecule has 0 unspecified atom stereocenters. The Kier molecular flexibility index (Phi) is 4.19. The third kappa shape index (κ3) is 3.29. The maximum atomic E-state index is 12.5. The molecule has 5 heteroatoms. The fourth-order valence-electron chi connectivity index (χ4n) is 2.37. The second kappa shape index (κ2) is 6.44. The predicted molar refractivity (Wildman–Crippen MR) is 86.8 cm³/mol. The van der Waals surface area contributed by atoms with E-state index < -0.39 is 0 Å². The van der Waals surface area contributed by atoms with Crippen molar-refractivity contribution in [3.63, 3.8) is 0 Å². The molecule has 0 fully saturated rings. The summed E-state index contributed by atoms with van der Waals surface area (Å²) < 4.78 is 5.33. The first-order valence-corrected chi connectivity index (χ1v) is 7.37. The van der Waals surface area contributed by atoms with Gasteiger partial charge in [-0.25, -0.2) is 4.98 Å². The number of carbonyl (C=O) groups excluding carboxylic acids is 1. The van der Waals surface area contributed by atoms with Crippen LogP contribution in [0.5, 0.6) is 0 Å². The minimum absolute atomic E-state index is 0.102. The van der Waals surface area contributed by atoms with Gasteiger partial charge in [0.2, 0.25) is 0 Å². The Morgan fingerprint density at radius 1 is 1.17 bits per heavy atom. The number of hydrogen-bond acceptors (Lipinski definition) is 4. The van der Waals surface area contributed by atoms with Crippen LogP contribution in [0, 0.1) is 6.92 Å². The summed E-state index contributed by atoms with van der Waals surface area (Å²) in [6.07, 6.45) is 5.02. The highest BCUT2D eigenvalue weighted by atomic mass is 16.3. The van der Waals surface area contributed by atoms with Crippen molar-refractivity contribution < 1.29 is 9.21 Å². The average molecular weight is 307 g/mol. The maximum Gasteiger partial charge on any atom is 0.253 e. The van der Waals surface area contributed by atoms with Gasteiger partial charge in [-0.2, -0.15) is 0 Å². The molecule has 3 rings (SSSR count). The summed E-state index contributed by atoms with van der Waals surface area (Å²) in [7, 11) is 0. The molecule has 0 saturated carbocycles. The fraction of sp³-hybridized carbons (Fsp3) is 0.167. The highest BCUT2D eigenvalue weighted by molar-refractivity contribution is 5.95. The topological polar surface area (TPSA) is 68.0 Å². The standard InChI is InChI=1S/C18H17N3O2/c1-12(14-7-9-19-10-8-14)21-18(22)15-5-6-16(20-13(15)2)17-4-3-11-23-17/h3-12H,1-2H3,(H,21,22)/t12-/m1/s1. The Bertz CT molecular complexity index is 798. The van der Waals surface area contributed by atoms with Crippen LogP contribution in [0.2, 0.25) is 0 Å². The van der Waals surface area contributed by atoms with Crippen molar-refractivity contribution in [3.05, 3.63) is 71.9 Å². The quantitative estimate of drug-likeness (QED) is 0.800. The lowest BCUT2D eigenvalue weighted by molar-refractivity contribution is 0.0939. The van der Waals surface area contributed by atoms with Crippen LogP contribution in [-0.4, -0.2) is 15.9 Å². The molecule has 0 radical (unpaired) electrons. The molecule has 0 aromatic carbocycles. The number of furan rings is 1. The second-order valence-corrected chi connectivity index (χ2v) is 5.28. The molecule has 0 aliphatic rings. The van der Waals surface area contributed by atoms with Gasteiger partial charge in [-0.05, 0) is 55.8 Å². The lowest BCUT2D eigenvalue weighted by Gasteiger charge is -2.15. The van der Waals surface area contributed by atoms with E-state index in [4.69, 9.17) is 4.42 Å². The van der Waals surface area contributed by atoms with Gasteiger partial charge in [-0.1, -0.05) is 0 Å². The number of amides is 1. The van der Waals surface area contributed by atoms with Crippen molar-refractivity contribution in [1.82, 2.24) is 15.3 Å². The normalized spacial score (nSPS) is 11.9. The molecule has 1 N–H and O–H groups in total. The zero-order valence-electron chi connectivity index (χ0n) is 13.0. The van der Waals surface area contributed by atoms with Crippen molar-refractivity contribution in [1.29, 1.82) is 0 Å². The number of hydrogen-bond donors (Lipinski definition) is 1. The SMILES string of the molecule is Cc1nc(-c2ccco2)ccc1C(=O)N[C@H](C)c1ccncc1. The van der Waals surface area contributed by atoms with Crippen molar-refractivity contribution in [3.8, 4) is 11.5 Å². The lowest BCUT2D eigenvalue weighted by Crippen LogP contribution is -2.27. The molecule has 23 heavy (non-hydrogen) atoms. The third-order valence-corrected chi connectivity index (χ3v) is 3.66. The van der Waals surface area contributed by atoms with E-state index in [9.17, 15) is 4.79 Å². The molecule has 116 valence electrons. The van der Waals surface area contributed by atoms with Crippen molar-refractivity contribution >= 4 is 5.91 Å². The van der Waals surface area contributed by atoms with Gasteiger partial charge in [0.25, 0.3) is 5.91 Å². The molecular weight excluding hydrogens is 290 g/mol. The number of nitrogens with one attached hydrogen (secondary N) is 1. The van der Waals surface area contributed by atoms with E-state index in [-0.39, 0.29) is 11.9 Å². The van der Waals surface area contributed by atoms with Gasteiger partial charge in [-0.3, -0.25) is 9.78 Å².